The van der Waals surface area contributed by atoms with Gasteiger partial charge in [0.05, 0.1) is 16.7 Å². The molecule has 0 saturated carbocycles. The first kappa shape index (κ1) is 17.4. The van der Waals surface area contributed by atoms with E-state index in [1.54, 1.807) is 0 Å². The first-order valence-corrected chi connectivity index (χ1v) is 7.50. The number of aliphatic hydroxyl groups is 1. The van der Waals surface area contributed by atoms with Crippen LogP contribution in [0.1, 0.15) is 45.8 Å². The maximum Gasteiger partial charge on any atom is 0.269 e. The molecular formula is C16H23N3O4. The van der Waals surface area contributed by atoms with Crippen LogP contribution >= 0.6 is 0 Å². The average Bonchev–Trinajstić information content (AvgIpc) is 2.43. The van der Waals surface area contributed by atoms with Crippen molar-refractivity contribution in [2.24, 2.45) is 11.1 Å². The molecule has 0 bridgehead atoms. The molecule has 0 amide bonds. The molecule has 0 radical (unpaired) electrons. The van der Waals surface area contributed by atoms with E-state index in [1.807, 2.05) is 27.7 Å². The van der Waals surface area contributed by atoms with Crippen molar-refractivity contribution in [2.75, 3.05) is 0 Å². The maximum absolute atomic E-state index is 10.8. The van der Waals surface area contributed by atoms with Gasteiger partial charge in [-0.1, -0.05) is 5.16 Å². The van der Waals surface area contributed by atoms with Gasteiger partial charge in [0.25, 0.3) is 5.69 Å². The molecule has 3 N–H and O–H groups in total. The van der Waals surface area contributed by atoms with Gasteiger partial charge in [0, 0.05) is 35.5 Å². The Morgan fingerprint density at radius 2 is 1.87 bits per heavy atom. The highest BCUT2D eigenvalue weighted by Gasteiger charge is 2.47. The first-order chi connectivity index (χ1) is 10.6. The summed E-state index contributed by atoms with van der Waals surface area (Å²) < 4.78 is 0. The van der Waals surface area contributed by atoms with E-state index in [2.05, 4.69) is 10.5 Å². The molecule has 1 saturated heterocycles. The SMILES string of the molecule is CC1(C)CC(=NO)C(C(O)c2ccc([N+](=O)[O-])cc2)C(C)(C)N1. The van der Waals surface area contributed by atoms with Crippen LogP contribution in [0.2, 0.25) is 0 Å². The molecule has 2 rings (SSSR count). The van der Waals surface area contributed by atoms with Gasteiger partial charge in [-0.15, -0.1) is 0 Å². The van der Waals surface area contributed by atoms with E-state index >= 15 is 0 Å². The third kappa shape index (κ3) is 3.51. The van der Waals surface area contributed by atoms with E-state index < -0.39 is 22.5 Å². The minimum absolute atomic E-state index is 0.0286. The molecule has 0 aliphatic carbocycles. The number of nitrogens with one attached hydrogen (secondary N) is 1. The van der Waals surface area contributed by atoms with Gasteiger partial charge >= 0.3 is 0 Å². The lowest BCUT2D eigenvalue weighted by Gasteiger charge is -2.49. The van der Waals surface area contributed by atoms with E-state index in [0.717, 1.165) is 0 Å². The van der Waals surface area contributed by atoms with Crippen LogP contribution < -0.4 is 5.32 Å². The van der Waals surface area contributed by atoms with E-state index in [0.29, 0.717) is 17.7 Å². The standard InChI is InChI=1S/C16H23N3O4/c1-15(2)9-12(17-21)13(16(3,4)18-15)14(20)10-5-7-11(8-6-10)19(22)23/h5-8,13-14,18,20-21H,9H2,1-4H3. The van der Waals surface area contributed by atoms with Gasteiger partial charge < -0.3 is 15.6 Å². The molecule has 1 aliphatic rings. The molecular weight excluding hydrogens is 298 g/mol. The van der Waals surface area contributed by atoms with Crippen molar-refractivity contribution in [3.63, 3.8) is 0 Å². The highest BCUT2D eigenvalue weighted by molar-refractivity contribution is 5.90. The van der Waals surface area contributed by atoms with Gasteiger partial charge in [-0.3, -0.25) is 10.1 Å². The lowest BCUT2D eigenvalue weighted by atomic mass is 9.69. The second kappa shape index (κ2) is 5.90. The number of benzene rings is 1. The predicted molar refractivity (Wildman–Crippen MR) is 86.7 cm³/mol. The Balaban J connectivity index is 2.36. The summed E-state index contributed by atoms with van der Waals surface area (Å²) in [5, 5.41) is 37.8. The van der Waals surface area contributed by atoms with Crippen LogP contribution in [0.3, 0.4) is 0 Å². The quantitative estimate of drug-likeness (QED) is 0.450. The number of nitro groups is 1. The van der Waals surface area contributed by atoms with Gasteiger partial charge in [0.15, 0.2) is 0 Å². The molecule has 7 heteroatoms. The van der Waals surface area contributed by atoms with Crippen LogP contribution in [0.5, 0.6) is 0 Å². The summed E-state index contributed by atoms with van der Waals surface area (Å²) >= 11 is 0. The van der Waals surface area contributed by atoms with Crippen molar-refractivity contribution in [3.8, 4) is 0 Å². The Kier molecular flexibility index (Phi) is 4.45. The molecule has 1 aromatic carbocycles. The molecule has 23 heavy (non-hydrogen) atoms. The van der Waals surface area contributed by atoms with Crippen LogP contribution in [-0.4, -0.2) is 32.0 Å². The summed E-state index contributed by atoms with van der Waals surface area (Å²) in [5.41, 5.74) is 0.279. The van der Waals surface area contributed by atoms with Crippen molar-refractivity contribution in [1.29, 1.82) is 0 Å². The number of nitrogens with zero attached hydrogens (tertiary/aromatic N) is 2. The van der Waals surface area contributed by atoms with Gasteiger partial charge in [0.2, 0.25) is 0 Å². The van der Waals surface area contributed by atoms with Crippen molar-refractivity contribution >= 4 is 11.4 Å². The normalized spacial score (nSPS) is 26.0. The Morgan fingerprint density at radius 1 is 1.30 bits per heavy atom. The lowest BCUT2D eigenvalue weighted by Crippen LogP contribution is -2.64. The molecule has 0 spiro atoms. The summed E-state index contributed by atoms with van der Waals surface area (Å²) in [7, 11) is 0. The molecule has 1 aliphatic heterocycles. The van der Waals surface area contributed by atoms with Crippen LogP contribution in [0.4, 0.5) is 5.69 Å². The number of nitro benzene ring substituents is 1. The molecule has 7 nitrogen and oxygen atoms in total. The highest BCUT2D eigenvalue weighted by atomic mass is 16.6. The lowest BCUT2D eigenvalue weighted by molar-refractivity contribution is -0.384. The molecule has 2 atom stereocenters. The Bertz CT molecular complexity index is 623. The summed E-state index contributed by atoms with van der Waals surface area (Å²) in [6.45, 7) is 7.90. The fraction of sp³-hybridized carbons (Fsp3) is 0.562. The van der Waals surface area contributed by atoms with Crippen molar-refractivity contribution in [3.05, 3.63) is 39.9 Å². The van der Waals surface area contributed by atoms with Crippen molar-refractivity contribution in [1.82, 2.24) is 5.32 Å². The number of hydrogen-bond acceptors (Lipinski definition) is 6. The molecule has 1 aromatic rings. The number of oxime groups is 1. The third-order valence-corrected chi connectivity index (χ3v) is 4.31. The van der Waals surface area contributed by atoms with Crippen molar-refractivity contribution in [2.45, 2.75) is 51.3 Å². The minimum Gasteiger partial charge on any atom is -0.411 e. The monoisotopic (exact) mass is 321 g/mol. The second-order valence-electron chi connectivity index (χ2n) is 7.27. The second-order valence-corrected chi connectivity index (χ2v) is 7.27. The largest absolute Gasteiger partial charge is 0.411 e. The number of aliphatic hydroxyl groups excluding tert-OH is 1. The van der Waals surface area contributed by atoms with Crippen LogP contribution in [-0.2, 0) is 0 Å². The van der Waals surface area contributed by atoms with E-state index in [1.165, 1.54) is 24.3 Å². The molecule has 2 unspecified atom stereocenters. The van der Waals surface area contributed by atoms with Crippen LogP contribution in [0.15, 0.2) is 29.4 Å². The molecule has 0 aromatic heterocycles. The summed E-state index contributed by atoms with van der Waals surface area (Å²) in [4.78, 5) is 10.3. The molecule has 1 heterocycles. The van der Waals surface area contributed by atoms with E-state index in [4.69, 9.17) is 0 Å². The van der Waals surface area contributed by atoms with Crippen molar-refractivity contribution < 1.29 is 15.2 Å². The number of hydrogen-bond donors (Lipinski definition) is 3. The zero-order valence-corrected chi connectivity index (χ0v) is 13.8. The highest BCUT2D eigenvalue weighted by Crippen LogP contribution is 2.39. The van der Waals surface area contributed by atoms with Gasteiger partial charge in [-0.25, -0.2) is 0 Å². The molecule has 1 fully saturated rings. The van der Waals surface area contributed by atoms with Crippen LogP contribution in [0.25, 0.3) is 0 Å². The zero-order valence-electron chi connectivity index (χ0n) is 13.8. The van der Waals surface area contributed by atoms with E-state index in [-0.39, 0.29) is 11.2 Å². The fourth-order valence-corrected chi connectivity index (χ4v) is 3.63. The first-order valence-electron chi connectivity index (χ1n) is 7.50. The Morgan fingerprint density at radius 3 is 2.35 bits per heavy atom. The number of rotatable bonds is 3. The Labute approximate surface area is 135 Å². The third-order valence-electron chi connectivity index (χ3n) is 4.31. The van der Waals surface area contributed by atoms with Crippen LogP contribution in [0, 0.1) is 16.0 Å². The van der Waals surface area contributed by atoms with Gasteiger partial charge in [-0.2, -0.15) is 0 Å². The zero-order chi connectivity index (χ0) is 17.4. The fourth-order valence-electron chi connectivity index (χ4n) is 3.63. The smallest absolute Gasteiger partial charge is 0.269 e. The topological polar surface area (TPSA) is 108 Å². The van der Waals surface area contributed by atoms with Gasteiger partial charge in [-0.05, 0) is 45.4 Å². The number of piperidine rings is 1. The molecule has 126 valence electrons. The summed E-state index contributed by atoms with van der Waals surface area (Å²) in [6.07, 6.45) is -0.429. The maximum atomic E-state index is 10.8. The Hall–Kier alpha value is -1.99. The predicted octanol–water partition coefficient (Wildman–Crippen LogP) is 2.63. The minimum atomic E-state index is -0.930. The number of non-ortho nitro benzene ring substituents is 1. The van der Waals surface area contributed by atoms with Gasteiger partial charge in [0.1, 0.15) is 0 Å². The average molecular weight is 321 g/mol. The van der Waals surface area contributed by atoms with E-state index in [9.17, 15) is 20.4 Å². The summed E-state index contributed by atoms with van der Waals surface area (Å²) in [6, 6.07) is 5.80. The summed E-state index contributed by atoms with van der Waals surface area (Å²) in [5.74, 6) is -0.443.